The van der Waals surface area contributed by atoms with Crippen LogP contribution >= 0.6 is 0 Å². The van der Waals surface area contributed by atoms with E-state index in [1.165, 1.54) is 87.4 Å². The van der Waals surface area contributed by atoms with Gasteiger partial charge >= 0.3 is 6.18 Å². The number of amides is 1. The molecule has 0 radical (unpaired) electrons. The molecule has 2 fully saturated rings. The van der Waals surface area contributed by atoms with Gasteiger partial charge in [-0.1, -0.05) is 12.1 Å². The second-order valence-corrected chi connectivity index (χ2v) is 13.0. The number of hydrogen-bond acceptors (Lipinski definition) is 5. The zero-order valence-electron chi connectivity index (χ0n) is 23.8. The Kier molecular flexibility index (Phi) is 9.61. The van der Waals surface area contributed by atoms with Crippen LogP contribution in [0.1, 0.15) is 60.9 Å². The standard InChI is InChI=1S/C32H36F3N3O4S/c33-32(34,35)25-11-15-27(16-12-25)42-30-6-2-1-5-29(30)37-43(40,41)28-17-9-24(10-18-28)31(39)36-26-13-7-23(8-14-26)19-22-38-20-3-4-21-38/h1-2,5-6,9-12,15-18,23,26,37H,3-4,7-8,13-14,19-22H2,(H,36,39)/t23-,26-. The first-order valence-corrected chi connectivity index (χ1v) is 16.2. The minimum absolute atomic E-state index is 0.0492. The van der Waals surface area contributed by atoms with E-state index in [4.69, 9.17) is 4.74 Å². The highest BCUT2D eigenvalue weighted by Crippen LogP contribution is 2.34. The molecule has 5 rings (SSSR count). The highest BCUT2D eigenvalue weighted by atomic mass is 32.2. The SMILES string of the molecule is O=C(N[C@H]1CC[C@H](CCN2CCCC2)CC1)c1ccc(S(=O)(=O)Nc2ccccc2Oc2ccc(C(F)(F)F)cc2)cc1. The van der Waals surface area contributed by atoms with E-state index < -0.39 is 21.8 Å². The number of rotatable bonds is 10. The van der Waals surface area contributed by atoms with Crippen molar-refractivity contribution >= 4 is 21.6 Å². The summed E-state index contributed by atoms with van der Waals surface area (Å²) in [4.78, 5) is 15.4. The van der Waals surface area contributed by atoms with Gasteiger partial charge in [0.2, 0.25) is 0 Å². The lowest BCUT2D eigenvalue weighted by atomic mass is 9.84. The Bertz CT molecular complexity index is 1480. The Morgan fingerprint density at radius 3 is 2.19 bits per heavy atom. The third-order valence-corrected chi connectivity index (χ3v) is 9.58. The van der Waals surface area contributed by atoms with Gasteiger partial charge in [0.1, 0.15) is 5.75 Å². The second kappa shape index (κ2) is 13.4. The molecular weight excluding hydrogens is 579 g/mol. The van der Waals surface area contributed by atoms with Gasteiger partial charge in [-0.2, -0.15) is 13.2 Å². The molecule has 2 N–H and O–H groups in total. The van der Waals surface area contributed by atoms with Crippen molar-refractivity contribution < 1.29 is 31.1 Å². The van der Waals surface area contributed by atoms with Crippen LogP contribution < -0.4 is 14.8 Å². The van der Waals surface area contributed by atoms with Gasteiger partial charge in [-0.05, 0) is 131 Å². The van der Waals surface area contributed by atoms with Crippen LogP contribution in [0, 0.1) is 5.92 Å². The Morgan fingerprint density at radius 1 is 0.884 bits per heavy atom. The van der Waals surface area contributed by atoms with Crippen molar-refractivity contribution in [1.82, 2.24) is 10.2 Å². The van der Waals surface area contributed by atoms with Crippen LogP contribution in [0.3, 0.4) is 0 Å². The molecule has 230 valence electrons. The van der Waals surface area contributed by atoms with Crippen molar-refractivity contribution in [2.75, 3.05) is 24.4 Å². The largest absolute Gasteiger partial charge is 0.455 e. The number of hydrogen-bond donors (Lipinski definition) is 2. The van der Waals surface area contributed by atoms with E-state index in [1.54, 1.807) is 12.1 Å². The summed E-state index contributed by atoms with van der Waals surface area (Å²) in [6.07, 6.45) is 3.45. The Balaban J connectivity index is 1.15. The molecule has 3 aromatic rings. The van der Waals surface area contributed by atoms with E-state index in [0.29, 0.717) is 11.5 Å². The molecule has 7 nitrogen and oxygen atoms in total. The number of ether oxygens (including phenoxy) is 1. The number of alkyl halides is 3. The number of carbonyl (C=O) groups is 1. The molecule has 3 aromatic carbocycles. The van der Waals surface area contributed by atoms with Gasteiger partial charge in [0.05, 0.1) is 16.1 Å². The molecule has 2 aliphatic rings. The Hall–Kier alpha value is -3.57. The van der Waals surface area contributed by atoms with Gasteiger partial charge in [0, 0.05) is 11.6 Å². The van der Waals surface area contributed by atoms with Gasteiger partial charge in [0.15, 0.2) is 5.75 Å². The van der Waals surface area contributed by atoms with E-state index in [1.807, 2.05) is 0 Å². The number of anilines is 1. The summed E-state index contributed by atoms with van der Waals surface area (Å²) in [5, 5.41) is 3.10. The number of halogens is 3. The maximum Gasteiger partial charge on any atom is 0.416 e. The second-order valence-electron chi connectivity index (χ2n) is 11.3. The van der Waals surface area contributed by atoms with E-state index in [9.17, 15) is 26.4 Å². The topological polar surface area (TPSA) is 87.7 Å². The Morgan fingerprint density at radius 2 is 1.53 bits per heavy atom. The number of benzene rings is 3. The lowest BCUT2D eigenvalue weighted by Gasteiger charge is -2.30. The molecule has 1 aliphatic carbocycles. The van der Waals surface area contributed by atoms with E-state index in [-0.39, 0.29) is 34.0 Å². The van der Waals surface area contributed by atoms with Crippen LogP contribution in [0.15, 0.2) is 77.7 Å². The highest BCUT2D eigenvalue weighted by molar-refractivity contribution is 7.92. The number of para-hydroxylation sites is 2. The molecule has 1 heterocycles. The van der Waals surface area contributed by atoms with E-state index >= 15 is 0 Å². The predicted octanol–water partition coefficient (Wildman–Crippen LogP) is 7.07. The normalized spacial score (nSPS) is 19.6. The molecule has 1 amide bonds. The summed E-state index contributed by atoms with van der Waals surface area (Å²) >= 11 is 0. The minimum atomic E-state index is -4.48. The zero-order chi connectivity index (χ0) is 30.5. The van der Waals surface area contributed by atoms with Gasteiger partial charge < -0.3 is 15.0 Å². The van der Waals surface area contributed by atoms with Crippen molar-refractivity contribution in [2.45, 2.75) is 62.1 Å². The summed E-state index contributed by atoms with van der Waals surface area (Å²) in [7, 11) is -4.06. The summed E-state index contributed by atoms with van der Waals surface area (Å²) < 4.78 is 73.0. The average Bonchev–Trinajstić information content (AvgIpc) is 3.51. The number of carbonyl (C=O) groups excluding carboxylic acids is 1. The fourth-order valence-corrected chi connectivity index (χ4v) is 6.77. The fraction of sp³-hybridized carbons (Fsp3) is 0.406. The minimum Gasteiger partial charge on any atom is -0.455 e. The first-order chi connectivity index (χ1) is 20.6. The van der Waals surface area contributed by atoms with Crippen molar-refractivity contribution in [3.8, 4) is 11.5 Å². The molecule has 1 saturated carbocycles. The average molecular weight is 616 g/mol. The number of likely N-dealkylation sites (tertiary alicyclic amines) is 1. The lowest BCUT2D eigenvalue weighted by molar-refractivity contribution is -0.137. The third-order valence-electron chi connectivity index (χ3n) is 8.20. The van der Waals surface area contributed by atoms with E-state index in [0.717, 1.165) is 37.8 Å². The summed E-state index contributed by atoms with van der Waals surface area (Å²) in [5.41, 5.74) is -0.331. The molecular formula is C32H36F3N3O4S. The highest BCUT2D eigenvalue weighted by Gasteiger charge is 2.30. The van der Waals surface area contributed by atoms with Crippen LogP contribution in [-0.2, 0) is 16.2 Å². The van der Waals surface area contributed by atoms with E-state index in [2.05, 4.69) is 14.9 Å². The summed E-state index contributed by atoms with van der Waals surface area (Å²) in [6.45, 7) is 3.61. The molecule has 1 aliphatic heterocycles. The first kappa shape index (κ1) is 30.9. The monoisotopic (exact) mass is 615 g/mol. The van der Waals surface area contributed by atoms with Gasteiger partial charge in [-0.3, -0.25) is 9.52 Å². The molecule has 1 saturated heterocycles. The first-order valence-electron chi connectivity index (χ1n) is 14.7. The molecule has 0 unspecified atom stereocenters. The Labute approximate surface area is 250 Å². The quantitative estimate of drug-likeness (QED) is 0.255. The van der Waals surface area contributed by atoms with Crippen molar-refractivity contribution in [1.29, 1.82) is 0 Å². The molecule has 0 atom stereocenters. The summed E-state index contributed by atoms with van der Waals surface area (Å²) in [6, 6.07) is 16.1. The molecule has 0 spiro atoms. The van der Waals surface area contributed by atoms with Gasteiger partial charge in [-0.25, -0.2) is 8.42 Å². The predicted molar refractivity (Wildman–Crippen MR) is 159 cm³/mol. The smallest absolute Gasteiger partial charge is 0.416 e. The van der Waals surface area contributed by atoms with Crippen LogP contribution in [0.4, 0.5) is 18.9 Å². The van der Waals surface area contributed by atoms with Crippen LogP contribution in [-0.4, -0.2) is 44.9 Å². The number of nitrogens with zero attached hydrogens (tertiary/aromatic N) is 1. The van der Waals surface area contributed by atoms with Crippen LogP contribution in [0.25, 0.3) is 0 Å². The van der Waals surface area contributed by atoms with Crippen molar-refractivity contribution in [2.24, 2.45) is 5.92 Å². The fourth-order valence-electron chi connectivity index (χ4n) is 5.70. The maximum absolute atomic E-state index is 13.1. The van der Waals surface area contributed by atoms with Gasteiger partial charge in [-0.15, -0.1) is 0 Å². The maximum atomic E-state index is 13.1. The number of nitrogens with one attached hydrogen (secondary N) is 2. The van der Waals surface area contributed by atoms with Gasteiger partial charge in [0.25, 0.3) is 15.9 Å². The lowest BCUT2D eigenvalue weighted by Crippen LogP contribution is -2.38. The van der Waals surface area contributed by atoms with Crippen LogP contribution in [0.5, 0.6) is 11.5 Å². The van der Waals surface area contributed by atoms with Crippen molar-refractivity contribution in [3.05, 3.63) is 83.9 Å². The molecule has 11 heteroatoms. The zero-order valence-corrected chi connectivity index (χ0v) is 24.6. The number of sulfonamides is 1. The molecule has 43 heavy (non-hydrogen) atoms. The molecule has 0 bridgehead atoms. The summed E-state index contributed by atoms with van der Waals surface area (Å²) in [5.74, 6) is 0.710. The molecule has 0 aromatic heterocycles. The van der Waals surface area contributed by atoms with Crippen molar-refractivity contribution in [3.63, 3.8) is 0 Å². The van der Waals surface area contributed by atoms with Crippen LogP contribution in [0.2, 0.25) is 0 Å². The third kappa shape index (κ3) is 8.29.